The summed E-state index contributed by atoms with van der Waals surface area (Å²) >= 11 is 0. The summed E-state index contributed by atoms with van der Waals surface area (Å²) in [7, 11) is -3.79. The Kier molecular flexibility index (Phi) is 6.64. The Bertz CT molecular complexity index is 1180. The van der Waals surface area contributed by atoms with Crippen molar-refractivity contribution >= 4 is 24.6 Å². The monoisotopic (exact) mass is 475 g/mol. The van der Waals surface area contributed by atoms with E-state index in [1.807, 2.05) is 12.1 Å². The number of hydrogen-bond donors (Lipinski definition) is 1. The second-order valence-corrected chi connectivity index (χ2v) is 8.78. The van der Waals surface area contributed by atoms with Gasteiger partial charge in [0.1, 0.15) is 0 Å². The van der Waals surface area contributed by atoms with Gasteiger partial charge in [-0.15, -0.1) is 0 Å². The third kappa shape index (κ3) is 4.85. The molecule has 174 valence electrons. The van der Waals surface area contributed by atoms with Gasteiger partial charge in [0.05, 0.1) is 18.1 Å². The fraction of sp³-hybridized carbons (Fsp3) is 0.286. The molecule has 1 aromatic heterocycles. The highest BCUT2D eigenvalue weighted by Gasteiger charge is 2.36. The van der Waals surface area contributed by atoms with Crippen molar-refractivity contribution < 1.29 is 32.4 Å². The molecular weight excluding hydrogens is 453 g/mol. The van der Waals surface area contributed by atoms with Crippen molar-refractivity contribution in [2.75, 3.05) is 25.3 Å². The first-order valence-electron chi connectivity index (χ1n) is 10.2. The van der Waals surface area contributed by atoms with Gasteiger partial charge < -0.3 is 28.3 Å². The molecule has 0 amide bonds. The number of aromatic nitrogens is 1. The van der Waals surface area contributed by atoms with Crippen LogP contribution in [0.25, 0.3) is 11.5 Å². The molecule has 1 aliphatic heterocycles. The maximum atomic E-state index is 13.5. The number of non-ortho nitro benzene ring substituents is 1. The van der Waals surface area contributed by atoms with Crippen molar-refractivity contribution in [1.82, 2.24) is 4.98 Å². The molecule has 11 nitrogen and oxygen atoms in total. The van der Waals surface area contributed by atoms with Gasteiger partial charge >= 0.3 is 7.60 Å². The third-order valence-electron chi connectivity index (χ3n) is 4.68. The van der Waals surface area contributed by atoms with E-state index in [0.717, 1.165) is 5.56 Å². The number of oxazole rings is 1. The highest BCUT2D eigenvalue weighted by Crippen LogP contribution is 2.49. The van der Waals surface area contributed by atoms with Gasteiger partial charge in [0.2, 0.25) is 24.0 Å². The molecule has 0 aliphatic carbocycles. The zero-order valence-electron chi connectivity index (χ0n) is 18.0. The number of nitrogens with one attached hydrogen (secondary N) is 1. The maximum Gasteiger partial charge on any atom is 0.385 e. The molecule has 3 aromatic rings. The Hall–Kier alpha value is -3.40. The van der Waals surface area contributed by atoms with E-state index in [1.54, 1.807) is 19.9 Å². The Morgan fingerprint density at radius 2 is 1.79 bits per heavy atom. The number of nitrogens with zero attached hydrogens (tertiary/aromatic N) is 2. The van der Waals surface area contributed by atoms with Crippen molar-refractivity contribution in [3.63, 3.8) is 0 Å². The van der Waals surface area contributed by atoms with Crippen LogP contribution >= 0.6 is 7.60 Å². The van der Waals surface area contributed by atoms with Gasteiger partial charge in [-0.1, -0.05) is 6.07 Å². The summed E-state index contributed by atoms with van der Waals surface area (Å²) in [6.07, 6.45) is 0. The van der Waals surface area contributed by atoms with Gasteiger partial charge in [-0.05, 0) is 43.7 Å². The number of anilines is 1. The normalized spacial score (nSPS) is 12.7. The van der Waals surface area contributed by atoms with Crippen LogP contribution in [-0.2, 0) is 20.2 Å². The Labute approximate surface area is 189 Å². The van der Waals surface area contributed by atoms with Gasteiger partial charge in [0, 0.05) is 24.2 Å². The van der Waals surface area contributed by atoms with Crippen molar-refractivity contribution in [3.05, 3.63) is 58.1 Å². The Morgan fingerprint density at radius 3 is 2.45 bits per heavy atom. The molecule has 4 rings (SSSR count). The summed E-state index contributed by atoms with van der Waals surface area (Å²) in [5.74, 6) is 1.53. The van der Waals surface area contributed by atoms with E-state index < -0.39 is 12.5 Å². The molecule has 0 bridgehead atoms. The van der Waals surface area contributed by atoms with E-state index in [4.69, 9.17) is 22.9 Å². The standard InChI is InChI=1S/C21H22N3O8P/c1-3-30-33(27,31-4-2)21-20(22-12-14-5-10-17-18(11-14)29-13-28-17)32-19(23-21)15-6-8-16(9-7-15)24(25)26/h5-11,22H,3-4,12-13H2,1-2H3. The molecule has 0 saturated heterocycles. The number of nitro groups is 1. The minimum absolute atomic E-state index is 0.000274. The molecule has 0 unspecified atom stereocenters. The number of ether oxygens (including phenoxy) is 2. The molecule has 0 spiro atoms. The second-order valence-electron chi connectivity index (χ2n) is 6.85. The summed E-state index contributed by atoms with van der Waals surface area (Å²) < 4.78 is 41.0. The molecule has 0 radical (unpaired) electrons. The molecule has 2 heterocycles. The number of nitro benzene ring substituents is 1. The predicted molar refractivity (Wildman–Crippen MR) is 119 cm³/mol. The van der Waals surface area contributed by atoms with E-state index >= 15 is 0 Å². The van der Waals surface area contributed by atoms with Crippen LogP contribution in [0, 0.1) is 10.1 Å². The fourth-order valence-electron chi connectivity index (χ4n) is 3.19. The molecule has 2 aromatic carbocycles. The van der Waals surface area contributed by atoms with Crippen molar-refractivity contribution in [2.24, 2.45) is 0 Å². The highest BCUT2D eigenvalue weighted by molar-refractivity contribution is 7.62. The van der Waals surface area contributed by atoms with Gasteiger partial charge in [0.25, 0.3) is 5.69 Å². The van der Waals surface area contributed by atoms with Crippen LogP contribution in [0.5, 0.6) is 11.5 Å². The van der Waals surface area contributed by atoms with Crippen molar-refractivity contribution in [2.45, 2.75) is 20.4 Å². The molecular formula is C21H22N3O8P. The zero-order valence-corrected chi connectivity index (χ0v) is 18.9. The Morgan fingerprint density at radius 1 is 1.09 bits per heavy atom. The second kappa shape index (κ2) is 9.62. The average Bonchev–Trinajstić information content (AvgIpc) is 3.45. The molecule has 0 atom stereocenters. The highest BCUT2D eigenvalue weighted by atomic mass is 31.2. The zero-order chi connectivity index (χ0) is 23.4. The SMILES string of the molecule is CCOP(=O)(OCC)c1nc(-c2ccc([N+](=O)[O-])cc2)oc1NCc1ccc2c(c1)OCO2. The maximum absolute atomic E-state index is 13.5. The van der Waals surface area contributed by atoms with Crippen LogP contribution < -0.4 is 20.2 Å². The molecule has 1 aliphatic rings. The number of benzene rings is 2. The minimum Gasteiger partial charge on any atom is -0.454 e. The minimum atomic E-state index is -3.79. The number of rotatable bonds is 10. The van der Waals surface area contributed by atoms with Crippen LogP contribution in [0.3, 0.4) is 0 Å². The summed E-state index contributed by atoms with van der Waals surface area (Å²) in [5, 5.41) is 14.0. The molecule has 0 fully saturated rings. The van der Waals surface area contributed by atoms with Gasteiger partial charge in [-0.3, -0.25) is 14.7 Å². The van der Waals surface area contributed by atoms with Gasteiger partial charge in [-0.25, -0.2) is 0 Å². The molecule has 0 saturated carbocycles. The first kappa shape index (κ1) is 22.8. The molecule has 33 heavy (non-hydrogen) atoms. The van der Waals surface area contributed by atoms with Crippen LogP contribution in [0.4, 0.5) is 11.6 Å². The lowest BCUT2D eigenvalue weighted by molar-refractivity contribution is -0.384. The molecule has 1 N–H and O–H groups in total. The summed E-state index contributed by atoms with van der Waals surface area (Å²) in [5.41, 5.74) is 1.26. The van der Waals surface area contributed by atoms with Crippen LogP contribution in [-0.4, -0.2) is 29.9 Å². The number of hydrogen-bond acceptors (Lipinski definition) is 10. The van der Waals surface area contributed by atoms with E-state index in [2.05, 4.69) is 10.3 Å². The lowest BCUT2D eigenvalue weighted by atomic mass is 10.2. The van der Waals surface area contributed by atoms with E-state index in [1.165, 1.54) is 24.3 Å². The summed E-state index contributed by atoms with van der Waals surface area (Å²) in [6, 6.07) is 11.2. The van der Waals surface area contributed by atoms with Gasteiger partial charge in [-0.2, -0.15) is 4.98 Å². The average molecular weight is 475 g/mol. The summed E-state index contributed by atoms with van der Waals surface area (Å²) in [4.78, 5) is 14.8. The topological polar surface area (TPSA) is 135 Å². The van der Waals surface area contributed by atoms with Crippen LogP contribution in [0.2, 0.25) is 0 Å². The predicted octanol–water partition coefficient (Wildman–Crippen LogP) is 4.48. The largest absolute Gasteiger partial charge is 0.454 e. The fourth-order valence-corrected chi connectivity index (χ4v) is 4.78. The lowest BCUT2D eigenvalue weighted by Crippen LogP contribution is -2.16. The quantitative estimate of drug-likeness (QED) is 0.254. The third-order valence-corrected chi connectivity index (χ3v) is 6.70. The lowest BCUT2D eigenvalue weighted by Gasteiger charge is -2.15. The van der Waals surface area contributed by atoms with Crippen molar-refractivity contribution in [3.8, 4) is 23.0 Å². The van der Waals surface area contributed by atoms with E-state index in [-0.39, 0.29) is 42.9 Å². The van der Waals surface area contributed by atoms with Gasteiger partial charge in [0.15, 0.2) is 11.5 Å². The summed E-state index contributed by atoms with van der Waals surface area (Å²) in [6.45, 7) is 4.14. The van der Waals surface area contributed by atoms with Crippen LogP contribution in [0.1, 0.15) is 19.4 Å². The number of fused-ring (bicyclic) bond motifs is 1. The smallest absolute Gasteiger partial charge is 0.385 e. The van der Waals surface area contributed by atoms with Crippen LogP contribution in [0.15, 0.2) is 46.9 Å². The van der Waals surface area contributed by atoms with E-state index in [0.29, 0.717) is 23.6 Å². The van der Waals surface area contributed by atoms with E-state index in [9.17, 15) is 14.7 Å². The Balaban J connectivity index is 1.67. The van der Waals surface area contributed by atoms with Crippen molar-refractivity contribution in [1.29, 1.82) is 0 Å². The molecule has 12 heteroatoms. The first-order valence-corrected chi connectivity index (χ1v) is 11.8. The first-order chi connectivity index (χ1) is 15.9.